The van der Waals surface area contributed by atoms with Gasteiger partial charge in [-0.15, -0.1) is 0 Å². The Labute approximate surface area is 202 Å². The summed E-state index contributed by atoms with van der Waals surface area (Å²) >= 11 is 6.11. The molecule has 0 aliphatic carbocycles. The summed E-state index contributed by atoms with van der Waals surface area (Å²) in [6.45, 7) is 3.53. The maximum absolute atomic E-state index is 13.1. The Morgan fingerprint density at radius 3 is 2.74 bits per heavy atom. The summed E-state index contributed by atoms with van der Waals surface area (Å²) in [6.07, 6.45) is 8.26. The molecule has 34 heavy (non-hydrogen) atoms. The van der Waals surface area contributed by atoms with Crippen molar-refractivity contribution in [2.75, 3.05) is 0 Å². The standard InChI is InChI=1S/C25H27ClN6O2/c1-2-3-4-10-31-23-21(13-22(26)29-23)24(33)32(25(31)34)11-6-9-20-15-28-30(17-20)16-19-8-5-7-18(12-19)14-27/h5,7-8,12,15,17H,2-4,6,9-11,13,16H2,1H3. The van der Waals surface area contributed by atoms with E-state index in [0.717, 1.165) is 30.4 Å². The first-order valence-electron chi connectivity index (χ1n) is 11.6. The van der Waals surface area contributed by atoms with Crippen LogP contribution in [0.15, 0.2) is 51.2 Å². The van der Waals surface area contributed by atoms with Gasteiger partial charge in [0.1, 0.15) is 11.0 Å². The topological polar surface area (TPSA) is 98.0 Å². The predicted molar refractivity (Wildman–Crippen MR) is 132 cm³/mol. The van der Waals surface area contributed by atoms with E-state index < -0.39 is 0 Å². The van der Waals surface area contributed by atoms with Gasteiger partial charge in [0, 0.05) is 25.7 Å². The van der Waals surface area contributed by atoms with E-state index in [1.807, 2.05) is 29.1 Å². The lowest BCUT2D eigenvalue weighted by Gasteiger charge is -2.14. The zero-order valence-electron chi connectivity index (χ0n) is 19.2. The molecular weight excluding hydrogens is 452 g/mol. The minimum absolute atomic E-state index is 0.281. The fraction of sp³-hybridized carbons (Fsp3) is 0.400. The molecule has 9 heteroatoms. The van der Waals surface area contributed by atoms with Crippen LogP contribution in [0.3, 0.4) is 0 Å². The average molecular weight is 479 g/mol. The van der Waals surface area contributed by atoms with Crippen LogP contribution >= 0.6 is 11.6 Å². The van der Waals surface area contributed by atoms with Gasteiger partial charge in [0.05, 0.1) is 29.9 Å². The van der Waals surface area contributed by atoms with Crippen LogP contribution in [0.25, 0.3) is 0 Å². The number of fused-ring (bicyclic) bond motifs is 1. The second-order valence-corrected chi connectivity index (χ2v) is 8.96. The van der Waals surface area contributed by atoms with Crippen molar-refractivity contribution >= 4 is 22.6 Å². The molecule has 0 N–H and O–H groups in total. The van der Waals surface area contributed by atoms with Crippen LogP contribution in [0.4, 0.5) is 5.82 Å². The molecule has 0 fully saturated rings. The van der Waals surface area contributed by atoms with E-state index in [0.29, 0.717) is 54.6 Å². The maximum atomic E-state index is 13.1. The van der Waals surface area contributed by atoms with Gasteiger partial charge in [0.25, 0.3) is 5.56 Å². The molecule has 8 nitrogen and oxygen atoms in total. The van der Waals surface area contributed by atoms with Crippen LogP contribution in [0.2, 0.25) is 0 Å². The molecule has 4 rings (SSSR count). The highest BCUT2D eigenvalue weighted by Crippen LogP contribution is 2.24. The molecule has 1 aliphatic rings. The lowest BCUT2D eigenvalue weighted by atomic mass is 10.1. The number of hydrogen-bond acceptors (Lipinski definition) is 5. The molecule has 0 amide bonds. The number of benzene rings is 1. The van der Waals surface area contributed by atoms with Crippen molar-refractivity contribution < 1.29 is 0 Å². The van der Waals surface area contributed by atoms with Crippen LogP contribution in [0.5, 0.6) is 0 Å². The molecule has 3 aromatic rings. The molecule has 176 valence electrons. The van der Waals surface area contributed by atoms with Gasteiger partial charge in [-0.25, -0.2) is 9.79 Å². The molecule has 0 atom stereocenters. The lowest BCUT2D eigenvalue weighted by molar-refractivity contribution is 0.513. The molecule has 0 saturated carbocycles. The molecule has 0 saturated heterocycles. The zero-order chi connectivity index (χ0) is 24.1. The number of hydrogen-bond donors (Lipinski definition) is 0. The Bertz CT molecular complexity index is 1380. The van der Waals surface area contributed by atoms with E-state index in [-0.39, 0.29) is 17.7 Å². The molecular formula is C25H27ClN6O2. The number of unbranched alkanes of at least 4 members (excludes halogenated alkanes) is 2. The summed E-state index contributed by atoms with van der Waals surface area (Å²) in [5.41, 5.74) is 2.55. The van der Waals surface area contributed by atoms with Gasteiger partial charge >= 0.3 is 5.69 Å². The third-order valence-corrected chi connectivity index (χ3v) is 6.18. The van der Waals surface area contributed by atoms with Crippen molar-refractivity contribution in [3.05, 3.63) is 79.8 Å². The van der Waals surface area contributed by atoms with Gasteiger partial charge in [-0.2, -0.15) is 10.4 Å². The van der Waals surface area contributed by atoms with Gasteiger partial charge in [0.15, 0.2) is 0 Å². The molecule has 3 heterocycles. The predicted octanol–water partition coefficient (Wildman–Crippen LogP) is 3.77. The maximum Gasteiger partial charge on any atom is 0.332 e. The van der Waals surface area contributed by atoms with Crippen molar-refractivity contribution in [3.8, 4) is 6.07 Å². The molecule has 0 spiro atoms. The Balaban J connectivity index is 1.45. The summed E-state index contributed by atoms with van der Waals surface area (Å²) in [5.74, 6) is 0.425. The fourth-order valence-electron chi connectivity index (χ4n) is 4.24. The van der Waals surface area contributed by atoms with Crippen LogP contribution in [-0.4, -0.2) is 24.1 Å². The number of rotatable bonds is 10. The van der Waals surface area contributed by atoms with Crippen LogP contribution in [0.1, 0.15) is 54.9 Å². The Morgan fingerprint density at radius 1 is 1.12 bits per heavy atom. The van der Waals surface area contributed by atoms with E-state index in [1.54, 1.807) is 16.8 Å². The largest absolute Gasteiger partial charge is 0.332 e. The average Bonchev–Trinajstić information content (AvgIpc) is 3.44. The normalized spacial score (nSPS) is 12.4. The number of aryl methyl sites for hydroxylation is 1. The summed E-state index contributed by atoms with van der Waals surface area (Å²) in [7, 11) is 0. The molecule has 2 aromatic heterocycles. The first-order valence-corrected chi connectivity index (χ1v) is 12.0. The number of nitriles is 1. The zero-order valence-corrected chi connectivity index (χ0v) is 20.0. The highest BCUT2D eigenvalue weighted by Gasteiger charge is 2.24. The van der Waals surface area contributed by atoms with Gasteiger partial charge in [0.2, 0.25) is 0 Å². The van der Waals surface area contributed by atoms with Crippen LogP contribution in [0, 0.1) is 11.3 Å². The highest BCUT2D eigenvalue weighted by molar-refractivity contribution is 6.66. The van der Waals surface area contributed by atoms with Crippen molar-refractivity contribution in [3.63, 3.8) is 0 Å². The minimum Gasteiger partial charge on any atom is -0.278 e. The molecule has 0 radical (unpaired) electrons. The SMILES string of the molecule is CCCCCn1c2c(c(=O)n(CCCc3cnn(Cc4cccc(C#N)c4)c3)c1=O)CC(Cl)=N2. The third-order valence-electron chi connectivity index (χ3n) is 5.96. The Morgan fingerprint density at radius 2 is 1.94 bits per heavy atom. The van der Waals surface area contributed by atoms with E-state index in [1.165, 1.54) is 4.57 Å². The van der Waals surface area contributed by atoms with Gasteiger partial charge in [-0.05, 0) is 42.5 Å². The number of nitrogens with zero attached hydrogens (tertiary/aromatic N) is 6. The second-order valence-electron chi connectivity index (χ2n) is 8.53. The van der Waals surface area contributed by atoms with Crippen LogP contribution in [-0.2, 0) is 32.5 Å². The lowest BCUT2D eigenvalue weighted by Crippen LogP contribution is -2.41. The first-order chi connectivity index (χ1) is 16.5. The summed E-state index contributed by atoms with van der Waals surface area (Å²) in [6, 6.07) is 9.60. The smallest absolute Gasteiger partial charge is 0.278 e. The fourth-order valence-corrected chi connectivity index (χ4v) is 4.45. The summed E-state index contributed by atoms with van der Waals surface area (Å²) in [5, 5.41) is 13.8. The van der Waals surface area contributed by atoms with Crippen molar-refractivity contribution in [1.82, 2.24) is 18.9 Å². The number of aromatic nitrogens is 4. The van der Waals surface area contributed by atoms with Crippen molar-refractivity contribution in [2.24, 2.45) is 4.99 Å². The molecule has 0 unspecified atom stereocenters. The van der Waals surface area contributed by atoms with Crippen LogP contribution < -0.4 is 11.2 Å². The summed E-state index contributed by atoms with van der Waals surface area (Å²) < 4.78 is 4.76. The number of aliphatic imine (C=N–C) groups is 1. The van der Waals surface area contributed by atoms with Gasteiger partial charge in [-0.3, -0.25) is 18.6 Å². The van der Waals surface area contributed by atoms with E-state index in [9.17, 15) is 9.59 Å². The molecule has 1 aromatic carbocycles. The van der Waals surface area contributed by atoms with Crippen molar-refractivity contribution in [2.45, 2.75) is 65.1 Å². The monoisotopic (exact) mass is 478 g/mol. The third kappa shape index (κ3) is 5.20. The van der Waals surface area contributed by atoms with Crippen molar-refractivity contribution in [1.29, 1.82) is 5.26 Å². The number of halogens is 1. The van der Waals surface area contributed by atoms with Gasteiger partial charge in [-0.1, -0.05) is 43.5 Å². The first kappa shape index (κ1) is 23.7. The second kappa shape index (κ2) is 10.7. The molecule has 1 aliphatic heterocycles. The van der Waals surface area contributed by atoms with E-state index in [4.69, 9.17) is 16.9 Å². The molecule has 0 bridgehead atoms. The Kier molecular flexibility index (Phi) is 7.43. The Hall–Kier alpha value is -3.44. The van der Waals surface area contributed by atoms with Gasteiger partial charge < -0.3 is 0 Å². The quantitative estimate of drug-likeness (QED) is 0.414. The van der Waals surface area contributed by atoms with E-state index in [2.05, 4.69) is 23.1 Å². The highest BCUT2D eigenvalue weighted by atomic mass is 35.5. The van der Waals surface area contributed by atoms with E-state index >= 15 is 0 Å². The summed E-state index contributed by atoms with van der Waals surface area (Å²) in [4.78, 5) is 30.4. The minimum atomic E-state index is -0.317.